The van der Waals surface area contributed by atoms with Crippen LogP contribution in [-0.2, 0) is 11.3 Å². The summed E-state index contributed by atoms with van der Waals surface area (Å²) < 4.78 is 0. The van der Waals surface area contributed by atoms with Gasteiger partial charge in [0.05, 0.1) is 0 Å². The van der Waals surface area contributed by atoms with Crippen LogP contribution in [0.5, 0.6) is 0 Å². The second kappa shape index (κ2) is 8.30. The molecule has 1 N–H and O–H groups in total. The summed E-state index contributed by atoms with van der Waals surface area (Å²) in [6, 6.07) is 21.4. The van der Waals surface area contributed by atoms with Gasteiger partial charge >= 0.3 is 0 Å². The molecule has 1 amide bonds. The Morgan fingerprint density at radius 3 is 2.36 bits per heavy atom. The molecule has 3 nitrogen and oxygen atoms in total. The molecule has 1 fully saturated rings. The fourth-order valence-corrected chi connectivity index (χ4v) is 3.70. The van der Waals surface area contributed by atoms with Crippen LogP contribution in [0.25, 0.3) is 0 Å². The van der Waals surface area contributed by atoms with Crippen molar-refractivity contribution in [2.45, 2.75) is 38.3 Å². The molecule has 0 saturated heterocycles. The Balaban J connectivity index is 1.38. The van der Waals surface area contributed by atoms with Crippen molar-refractivity contribution in [1.29, 1.82) is 0 Å². The molecule has 0 unspecified atom stereocenters. The Labute approximate surface area is 151 Å². The minimum absolute atomic E-state index is 0.197. The van der Waals surface area contributed by atoms with Gasteiger partial charge in [0.1, 0.15) is 0 Å². The summed E-state index contributed by atoms with van der Waals surface area (Å²) >= 11 is 0. The molecule has 3 atom stereocenters. The summed E-state index contributed by atoms with van der Waals surface area (Å²) in [7, 11) is 1.88. The van der Waals surface area contributed by atoms with E-state index in [9.17, 15) is 4.79 Å². The largest absolute Gasteiger partial charge is 0.341 e. The fourth-order valence-electron chi connectivity index (χ4n) is 3.70. The van der Waals surface area contributed by atoms with Crippen LogP contribution in [0.3, 0.4) is 0 Å². The zero-order valence-corrected chi connectivity index (χ0v) is 15.2. The molecule has 2 aromatic rings. The second-order valence-electron chi connectivity index (χ2n) is 7.16. The van der Waals surface area contributed by atoms with Crippen LogP contribution in [0.15, 0.2) is 60.7 Å². The zero-order valence-electron chi connectivity index (χ0n) is 15.2. The van der Waals surface area contributed by atoms with Crippen molar-refractivity contribution in [2.75, 3.05) is 13.6 Å². The van der Waals surface area contributed by atoms with Gasteiger partial charge in [-0.3, -0.25) is 4.79 Å². The van der Waals surface area contributed by atoms with Gasteiger partial charge in [-0.05, 0) is 29.4 Å². The maximum absolute atomic E-state index is 12.3. The lowest BCUT2D eigenvalue weighted by Crippen LogP contribution is -2.48. The molecule has 0 radical (unpaired) electrons. The maximum atomic E-state index is 12.3. The second-order valence-corrected chi connectivity index (χ2v) is 7.16. The number of rotatable bonds is 7. The normalized spacial score (nSPS) is 22.2. The monoisotopic (exact) mass is 336 g/mol. The average Bonchev–Trinajstić information content (AvgIpc) is 2.65. The highest BCUT2D eigenvalue weighted by molar-refractivity contribution is 5.76. The topological polar surface area (TPSA) is 32.3 Å². The van der Waals surface area contributed by atoms with Crippen LogP contribution in [-0.4, -0.2) is 30.4 Å². The minimum atomic E-state index is 0.197. The first-order valence-corrected chi connectivity index (χ1v) is 9.21. The number of hydrogen-bond acceptors (Lipinski definition) is 2. The van der Waals surface area contributed by atoms with Crippen LogP contribution in [0.1, 0.15) is 36.8 Å². The summed E-state index contributed by atoms with van der Waals surface area (Å²) in [5.41, 5.74) is 2.61. The summed E-state index contributed by atoms with van der Waals surface area (Å²) in [5.74, 6) is 1.47. The number of benzene rings is 2. The molecule has 3 rings (SSSR count). The quantitative estimate of drug-likeness (QED) is 0.834. The fraction of sp³-hybridized carbons (Fsp3) is 0.409. The molecule has 0 aliphatic heterocycles. The van der Waals surface area contributed by atoms with E-state index in [4.69, 9.17) is 0 Å². The smallest absolute Gasteiger partial charge is 0.223 e. The van der Waals surface area contributed by atoms with Crippen molar-refractivity contribution in [1.82, 2.24) is 10.2 Å². The minimum Gasteiger partial charge on any atom is -0.341 e. The molecule has 0 heterocycles. The third-order valence-electron chi connectivity index (χ3n) is 5.44. The predicted molar refractivity (Wildman–Crippen MR) is 102 cm³/mol. The predicted octanol–water partition coefficient (Wildman–Crippen LogP) is 3.82. The first-order chi connectivity index (χ1) is 12.1. The summed E-state index contributed by atoms with van der Waals surface area (Å²) in [6.07, 6.45) is 1.72. The van der Waals surface area contributed by atoms with E-state index in [1.807, 2.05) is 30.1 Å². The summed E-state index contributed by atoms with van der Waals surface area (Å²) in [5, 5.41) is 3.57. The number of hydrogen-bond donors (Lipinski definition) is 1. The average molecular weight is 336 g/mol. The molecule has 25 heavy (non-hydrogen) atoms. The molecule has 2 aromatic carbocycles. The Hall–Kier alpha value is -2.13. The van der Waals surface area contributed by atoms with E-state index < -0.39 is 0 Å². The standard InChI is InChI=1S/C22H28N2O/c1-17-20(19-11-7-4-8-12-19)15-21(17)23-14-13-22(25)24(2)16-18-9-5-3-6-10-18/h3-12,17,20-21,23H,13-16H2,1-2H3/t17-,20-,21+/m0/s1. The first-order valence-electron chi connectivity index (χ1n) is 9.21. The molecule has 132 valence electrons. The van der Waals surface area contributed by atoms with Gasteiger partial charge in [0.15, 0.2) is 0 Å². The molecule has 1 aliphatic carbocycles. The molecule has 3 heteroatoms. The van der Waals surface area contributed by atoms with Crippen molar-refractivity contribution in [3.05, 3.63) is 71.8 Å². The van der Waals surface area contributed by atoms with E-state index in [-0.39, 0.29) is 5.91 Å². The van der Waals surface area contributed by atoms with Crippen LogP contribution >= 0.6 is 0 Å². The third-order valence-corrected chi connectivity index (χ3v) is 5.44. The Morgan fingerprint density at radius 2 is 1.72 bits per heavy atom. The molecule has 1 aliphatic rings. The van der Waals surface area contributed by atoms with E-state index in [1.54, 1.807) is 0 Å². The number of carbonyl (C=O) groups is 1. The number of nitrogens with one attached hydrogen (secondary N) is 1. The van der Waals surface area contributed by atoms with Crippen molar-refractivity contribution < 1.29 is 4.79 Å². The first kappa shape index (κ1) is 17.7. The third kappa shape index (κ3) is 4.49. The van der Waals surface area contributed by atoms with Gasteiger partial charge in [-0.25, -0.2) is 0 Å². The number of nitrogens with zero attached hydrogens (tertiary/aromatic N) is 1. The summed E-state index contributed by atoms with van der Waals surface area (Å²) in [4.78, 5) is 14.1. The number of amides is 1. The van der Waals surface area contributed by atoms with Gasteiger partial charge in [-0.1, -0.05) is 67.6 Å². The molecule has 0 bridgehead atoms. The van der Waals surface area contributed by atoms with Gasteiger partial charge in [0, 0.05) is 32.6 Å². The Bertz CT molecular complexity index is 671. The Morgan fingerprint density at radius 1 is 1.08 bits per heavy atom. The van der Waals surface area contributed by atoms with Crippen LogP contribution in [0.2, 0.25) is 0 Å². The lowest BCUT2D eigenvalue weighted by atomic mass is 9.67. The SMILES string of the molecule is C[C@H]1[C@@H](c2ccccc2)C[C@H]1NCCC(=O)N(C)Cc1ccccc1. The van der Waals surface area contributed by atoms with Gasteiger partial charge < -0.3 is 10.2 Å². The van der Waals surface area contributed by atoms with Crippen molar-refractivity contribution >= 4 is 5.91 Å². The molecule has 1 saturated carbocycles. The highest BCUT2D eigenvalue weighted by atomic mass is 16.2. The van der Waals surface area contributed by atoms with Gasteiger partial charge in [0.2, 0.25) is 5.91 Å². The van der Waals surface area contributed by atoms with E-state index in [0.717, 1.165) is 6.54 Å². The van der Waals surface area contributed by atoms with Crippen molar-refractivity contribution in [3.8, 4) is 0 Å². The van der Waals surface area contributed by atoms with Crippen LogP contribution in [0, 0.1) is 5.92 Å². The molecular formula is C22H28N2O. The zero-order chi connectivity index (χ0) is 17.6. The van der Waals surface area contributed by atoms with E-state index >= 15 is 0 Å². The van der Waals surface area contributed by atoms with Gasteiger partial charge in [0.25, 0.3) is 0 Å². The molecular weight excluding hydrogens is 308 g/mol. The Kier molecular flexibility index (Phi) is 5.87. The van der Waals surface area contributed by atoms with Crippen LogP contribution in [0.4, 0.5) is 0 Å². The molecule has 0 spiro atoms. The number of carbonyl (C=O) groups excluding carboxylic acids is 1. The highest BCUT2D eigenvalue weighted by Crippen LogP contribution is 2.42. The van der Waals surface area contributed by atoms with E-state index in [0.29, 0.717) is 30.8 Å². The lowest BCUT2D eigenvalue weighted by Gasteiger charge is -2.44. The van der Waals surface area contributed by atoms with Crippen molar-refractivity contribution in [2.24, 2.45) is 5.92 Å². The summed E-state index contributed by atoms with van der Waals surface area (Å²) in [6.45, 7) is 3.74. The van der Waals surface area contributed by atoms with Crippen molar-refractivity contribution in [3.63, 3.8) is 0 Å². The van der Waals surface area contributed by atoms with E-state index in [1.165, 1.54) is 17.5 Å². The highest BCUT2D eigenvalue weighted by Gasteiger charge is 2.37. The van der Waals surface area contributed by atoms with Gasteiger partial charge in [-0.15, -0.1) is 0 Å². The van der Waals surface area contributed by atoms with Gasteiger partial charge in [-0.2, -0.15) is 0 Å². The molecule has 0 aromatic heterocycles. The lowest BCUT2D eigenvalue weighted by molar-refractivity contribution is -0.130. The maximum Gasteiger partial charge on any atom is 0.223 e. The van der Waals surface area contributed by atoms with E-state index in [2.05, 4.69) is 54.7 Å². The van der Waals surface area contributed by atoms with Crippen LogP contribution < -0.4 is 5.32 Å².